The molecular weight excluding hydrogens is 477 g/mol. The van der Waals surface area contributed by atoms with Crippen molar-refractivity contribution in [2.24, 2.45) is 16.8 Å². The van der Waals surface area contributed by atoms with E-state index in [1.165, 1.54) is 44.1 Å². The molecule has 1 aliphatic carbocycles. The molecule has 0 radical (unpaired) electrons. The molecule has 6 heteroatoms. The van der Waals surface area contributed by atoms with E-state index in [1.54, 1.807) is 7.11 Å². The number of fused-ring (bicyclic) bond motifs is 5. The number of para-hydroxylation sites is 1. The Morgan fingerprint density at radius 2 is 1.83 bits per heavy atom. The maximum Gasteiger partial charge on any atom is 0.193 e. The summed E-state index contributed by atoms with van der Waals surface area (Å²) in [6.07, 6.45) is 8.48. The molecule has 29 heavy (non-hydrogen) atoms. The molecule has 1 aromatic rings. The number of rotatable bonds is 4. The van der Waals surface area contributed by atoms with Crippen LogP contribution in [0.5, 0.6) is 5.75 Å². The summed E-state index contributed by atoms with van der Waals surface area (Å²) in [4.78, 5) is 7.14. The summed E-state index contributed by atoms with van der Waals surface area (Å²) >= 11 is 0. The first-order valence-corrected chi connectivity index (χ1v) is 11.0. The fourth-order valence-corrected chi connectivity index (χ4v) is 6.39. The van der Waals surface area contributed by atoms with Crippen LogP contribution in [0, 0.1) is 11.8 Å². The van der Waals surface area contributed by atoms with Crippen LogP contribution < -0.4 is 10.1 Å². The SMILES string of the molecule is CN=C(NCC1(c2ccccc2OC)CCCC1)N1CC2C3CCC(O3)C2C1.I. The van der Waals surface area contributed by atoms with Crippen LogP contribution in [0.3, 0.4) is 0 Å². The highest BCUT2D eigenvalue weighted by Crippen LogP contribution is 2.47. The average Bonchev–Trinajstić information content (AvgIpc) is 3.50. The van der Waals surface area contributed by atoms with Crippen molar-refractivity contribution in [2.45, 2.75) is 56.1 Å². The van der Waals surface area contributed by atoms with Gasteiger partial charge in [-0.15, -0.1) is 24.0 Å². The van der Waals surface area contributed by atoms with E-state index in [9.17, 15) is 0 Å². The van der Waals surface area contributed by atoms with E-state index in [-0.39, 0.29) is 29.4 Å². The number of ether oxygens (including phenoxy) is 2. The number of hydrogen-bond acceptors (Lipinski definition) is 3. The second-order valence-electron chi connectivity index (χ2n) is 9.11. The van der Waals surface area contributed by atoms with Gasteiger partial charge in [0.25, 0.3) is 0 Å². The van der Waals surface area contributed by atoms with E-state index in [2.05, 4.69) is 39.5 Å². The molecule has 1 aromatic carbocycles. The molecule has 3 saturated heterocycles. The molecule has 0 spiro atoms. The maximum absolute atomic E-state index is 6.14. The van der Waals surface area contributed by atoms with Crippen molar-refractivity contribution in [3.63, 3.8) is 0 Å². The molecule has 4 atom stereocenters. The van der Waals surface area contributed by atoms with E-state index in [0.29, 0.717) is 24.0 Å². The molecular formula is C23H34IN3O2. The molecule has 4 unspecified atom stereocenters. The smallest absolute Gasteiger partial charge is 0.193 e. The van der Waals surface area contributed by atoms with Crippen LogP contribution in [0.2, 0.25) is 0 Å². The minimum atomic E-state index is 0. The van der Waals surface area contributed by atoms with E-state index in [4.69, 9.17) is 9.47 Å². The summed E-state index contributed by atoms with van der Waals surface area (Å²) in [5.74, 6) is 3.49. The number of nitrogens with zero attached hydrogens (tertiary/aromatic N) is 2. The van der Waals surface area contributed by atoms with Crippen molar-refractivity contribution in [2.75, 3.05) is 33.8 Å². The quantitative estimate of drug-likeness (QED) is 0.380. The monoisotopic (exact) mass is 511 g/mol. The van der Waals surface area contributed by atoms with E-state index in [0.717, 1.165) is 31.3 Å². The lowest BCUT2D eigenvalue weighted by Crippen LogP contribution is -2.46. The van der Waals surface area contributed by atoms with Gasteiger partial charge in [0.1, 0.15) is 5.75 Å². The Kier molecular flexibility index (Phi) is 6.30. The highest BCUT2D eigenvalue weighted by atomic mass is 127. The molecule has 3 aliphatic heterocycles. The number of hydrogen-bond donors (Lipinski definition) is 1. The average molecular weight is 511 g/mol. The number of likely N-dealkylation sites (tertiary alicyclic amines) is 1. The number of nitrogens with one attached hydrogen (secondary N) is 1. The zero-order chi connectivity index (χ0) is 19.1. The standard InChI is InChI=1S/C23H33N3O2.HI/c1-24-22(26-13-16-17(14-26)20-10-9-19(16)28-20)25-15-23(11-5-6-12-23)18-7-3-4-8-21(18)27-2;/h3-4,7-8,16-17,19-20H,5-6,9-15H2,1-2H3,(H,24,25);1H. The molecule has 2 bridgehead atoms. The first-order valence-electron chi connectivity index (χ1n) is 11.0. The molecule has 4 aliphatic rings. The molecule has 0 aromatic heterocycles. The Bertz CT molecular complexity index is 731. The molecule has 160 valence electrons. The number of benzene rings is 1. The first kappa shape index (κ1) is 21.2. The van der Waals surface area contributed by atoms with E-state index < -0.39 is 0 Å². The summed E-state index contributed by atoms with van der Waals surface area (Å²) in [5, 5.41) is 3.76. The third-order valence-electron chi connectivity index (χ3n) is 7.79. The molecule has 5 nitrogen and oxygen atoms in total. The first-order chi connectivity index (χ1) is 13.7. The minimum absolute atomic E-state index is 0. The molecule has 1 N–H and O–H groups in total. The van der Waals surface area contributed by atoms with Gasteiger partial charge in [0.05, 0.1) is 19.3 Å². The van der Waals surface area contributed by atoms with Gasteiger partial charge in [-0.1, -0.05) is 31.0 Å². The largest absolute Gasteiger partial charge is 0.496 e. The van der Waals surface area contributed by atoms with Crippen molar-refractivity contribution >= 4 is 29.9 Å². The van der Waals surface area contributed by atoms with Gasteiger partial charge in [-0.05, 0) is 31.7 Å². The lowest BCUT2D eigenvalue weighted by Gasteiger charge is -2.33. The van der Waals surface area contributed by atoms with Gasteiger partial charge in [-0.25, -0.2) is 0 Å². The maximum atomic E-state index is 6.14. The van der Waals surface area contributed by atoms with Gasteiger partial charge in [-0.2, -0.15) is 0 Å². The second-order valence-corrected chi connectivity index (χ2v) is 9.11. The van der Waals surface area contributed by atoms with Gasteiger partial charge >= 0.3 is 0 Å². The fraction of sp³-hybridized carbons (Fsp3) is 0.696. The Hall–Kier alpha value is -1.02. The Balaban J connectivity index is 0.00000205. The van der Waals surface area contributed by atoms with Crippen molar-refractivity contribution in [1.82, 2.24) is 10.2 Å². The van der Waals surface area contributed by atoms with Crippen LogP contribution in [-0.2, 0) is 10.2 Å². The number of guanidine groups is 1. The Labute approximate surface area is 191 Å². The molecule has 1 saturated carbocycles. The second kappa shape index (κ2) is 8.61. The van der Waals surface area contributed by atoms with Gasteiger partial charge in [-0.3, -0.25) is 4.99 Å². The van der Waals surface area contributed by atoms with Crippen LogP contribution in [0.25, 0.3) is 0 Å². The van der Waals surface area contributed by atoms with Gasteiger partial charge in [0.2, 0.25) is 0 Å². The predicted octanol–water partition coefficient (Wildman–Crippen LogP) is 3.81. The zero-order valence-electron chi connectivity index (χ0n) is 17.6. The third-order valence-corrected chi connectivity index (χ3v) is 7.79. The Morgan fingerprint density at radius 3 is 2.45 bits per heavy atom. The minimum Gasteiger partial charge on any atom is -0.496 e. The molecule has 0 amide bonds. The van der Waals surface area contributed by atoms with E-state index in [1.807, 2.05) is 7.05 Å². The van der Waals surface area contributed by atoms with Crippen molar-refractivity contribution in [1.29, 1.82) is 0 Å². The highest BCUT2D eigenvalue weighted by molar-refractivity contribution is 14.0. The lowest BCUT2D eigenvalue weighted by atomic mass is 9.78. The molecule has 3 heterocycles. The van der Waals surface area contributed by atoms with Crippen LogP contribution in [0.4, 0.5) is 0 Å². The summed E-state index contributed by atoms with van der Waals surface area (Å²) in [6, 6.07) is 8.56. The number of aliphatic imine (C=N–C) groups is 1. The van der Waals surface area contributed by atoms with E-state index >= 15 is 0 Å². The lowest BCUT2D eigenvalue weighted by molar-refractivity contribution is 0.0766. The fourth-order valence-electron chi connectivity index (χ4n) is 6.39. The Morgan fingerprint density at radius 1 is 1.17 bits per heavy atom. The van der Waals surface area contributed by atoms with Crippen LogP contribution in [0.15, 0.2) is 29.3 Å². The number of halogens is 1. The summed E-state index contributed by atoms with van der Waals surface area (Å²) in [5.41, 5.74) is 1.49. The molecule has 5 rings (SSSR count). The predicted molar refractivity (Wildman–Crippen MR) is 126 cm³/mol. The van der Waals surface area contributed by atoms with Gasteiger partial charge in [0.15, 0.2) is 5.96 Å². The van der Waals surface area contributed by atoms with Crippen LogP contribution in [-0.4, -0.2) is 56.9 Å². The van der Waals surface area contributed by atoms with Crippen molar-refractivity contribution in [3.05, 3.63) is 29.8 Å². The number of methoxy groups -OCH3 is 1. The van der Waals surface area contributed by atoms with Crippen LogP contribution >= 0.6 is 24.0 Å². The topological polar surface area (TPSA) is 46.1 Å². The third kappa shape index (κ3) is 3.64. The summed E-state index contributed by atoms with van der Waals surface area (Å²) in [7, 11) is 3.71. The summed E-state index contributed by atoms with van der Waals surface area (Å²) in [6.45, 7) is 3.11. The van der Waals surface area contributed by atoms with Gasteiger partial charge in [0, 0.05) is 49.5 Å². The normalized spacial score (nSPS) is 32.2. The van der Waals surface area contributed by atoms with Crippen molar-refractivity contribution in [3.8, 4) is 5.75 Å². The van der Waals surface area contributed by atoms with Gasteiger partial charge < -0.3 is 19.7 Å². The molecule has 4 fully saturated rings. The summed E-state index contributed by atoms with van der Waals surface area (Å²) < 4.78 is 11.9. The highest BCUT2D eigenvalue weighted by Gasteiger charge is 2.53. The zero-order valence-corrected chi connectivity index (χ0v) is 19.9. The van der Waals surface area contributed by atoms with Crippen molar-refractivity contribution < 1.29 is 9.47 Å². The van der Waals surface area contributed by atoms with Crippen LogP contribution in [0.1, 0.15) is 44.1 Å².